The molecule has 0 radical (unpaired) electrons. The van der Waals surface area contributed by atoms with E-state index in [4.69, 9.17) is 0 Å². The third-order valence-corrected chi connectivity index (χ3v) is 4.30. The van der Waals surface area contributed by atoms with Crippen LogP contribution in [0.4, 0.5) is 17.1 Å². The van der Waals surface area contributed by atoms with Gasteiger partial charge < -0.3 is 5.32 Å². The number of hydrogen-bond donors (Lipinski definition) is 1. The van der Waals surface area contributed by atoms with Gasteiger partial charge in [0.05, 0.1) is 34.1 Å². The van der Waals surface area contributed by atoms with Crippen LogP contribution in [0.2, 0.25) is 0 Å². The van der Waals surface area contributed by atoms with Crippen LogP contribution in [0.1, 0.15) is 31.1 Å². The van der Waals surface area contributed by atoms with Crippen LogP contribution in [-0.4, -0.2) is 32.8 Å². The number of nitrogens with zero attached hydrogens (tertiary/aromatic N) is 4. The number of aromatic nitrogens is 2. The van der Waals surface area contributed by atoms with Crippen molar-refractivity contribution in [1.82, 2.24) is 10.2 Å². The average molecular weight is 389 g/mol. The smallest absolute Gasteiger partial charge is 0.271 e. The number of fused-ring (bicyclic) bond motifs is 1. The monoisotopic (exact) mass is 389 g/mol. The summed E-state index contributed by atoms with van der Waals surface area (Å²) in [7, 11) is 0. The average Bonchev–Trinajstić information content (AvgIpc) is 2.99. The number of carbonyl (C=O) groups is 3. The van der Waals surface area contributed by atoms with Gasteiger partial charge in [0.1, 0.15) is 0 Å². The number of nitro groups is 1. The summed E-state index contributed by atoms with van der Waals surface area (Å²) in [4.78, 5) is 48.6. The van der Waals surface area contributed by atoms with Gasteiger partial charge in [-0.1, -0.05) is 6.07 Å². The van der Waals surface area contributed by atoms with Crippen LogP contribution in [0, 0.1) is 10.1 Å². The second kappa shape index (κ2) is 6.93. The van der Waals surface area contributed by atoms with Crippen LogP contribution >= 0.6 is 0 Å². The molecule has 0 unspecified atom stereocenters. The number of rotatable bonds is 4. The number of nitro benzene ring substituents is 1. The summed E-state index contributed by atoms with van der Waals surface area (Å²) in [5.41, 5.74) is 1.000. The number of nitrogens with one attached hydrogen (secondary N) is 1. The Balaban J connectivity index is 1.53. The van der Waals surface area contributed by atoms with Gasteiger partial charge in [-0.15, -0.1) is 0 Å². The van der Waals surface area contributed by atoms with Gasteiger partial charge in [0, 0.05) is 23.4 Å². The Morgan fingerprint density at radius 2 is 1.59 bits per heavy atom. The maximum atomic E-state index is 12.5. The Bertz CT molecular complexity index is 1140. The summed E-state index contributed by atoms with van der Waals surface area (Å²) in [6.45, 7) is 0. The molecule has 3 amide bonds. The molecule has 2 aromatic carbocycles. The highest BCUT2D eigenvalue weighted by atomic mass is 16.6. The second-order valence-corrected chi connectivity index (χ2v) is 6.07. The lowest BCUT2D eigenvalue weighted by Crippen LogP contribution is -2.29. The molecule has 0 bridgehead atoms. The largest absolute Gasteiger partial charge is 0.322 e. The molecule has 2 heterocycles. The van der Waals surface area contributed by atoms with Gasteiger partial charge in [0.25, 0.3) is 23.4 Å². The molecular weight excluding hydrogens is 378 g/mol. The van der Waals surface area contributed by atoms with Crippen LogP contribution in [0.3, 0.4) is 0 Å². The number of carbonyl (C=O) groups excluding carboxylic acids is 3. The van der Waals surface area contributed by atoms with E-state index in [2.05, 4.69) is 15.5 Å². The molecule has 10 heteroatoms. The first-order chi connectivity index (χ1) is 14.0. The van der Waals surface area contributed by atoms with Crippen LogP contribution in [0.15, 0.2) is 60.9 Å². The predicted molar refractivity (Wildman–Crippen MR) is 101 cm³/mol. The van der Waals surface area contributed by atoms with E-state index in [1.165, 1.54) is 60.9 Å². The lowest BCUT2D eigenvalue weighted by Gasteiger charge is -2.14. The van der Waals surface area contributed by atoms with E-state index in [0.29, 0.717) is 5.69 Å². The van der Waals surface area contributed by atoms with Crippen molar-refractivity contribution in [2.45, 2.75) is 0 Å². The zero-order valence-electron chi connectivity index (χ0n) is 14.6. The van der Waals surface area contributed by atoms with Crippen molar-refractivity contribution in [3.05, 3.63) is 87.7 Å². The van der Waals surface area contributed by atoms with E-state index in [1.807, 2.05) is 0 Å². The summed E-state index contributed by atoms with van der Waals surface area (Å²) in [5, 5.41) is 20.6. The summed E-state index contributed by atoms with van der Waals surface area (Å²) >= 11 is 0. The van der Waals surface area contributed by atoms with Gasteiger partial charge in [0.15, 0.2) is 0 Å². The van der Waals surface area contributed by atoms with E-state index >= 15 is 0 Å². The molecule has 1 aromatic heterocycles. The summed E-state index contributed by atoms with van der Waals surface area (Å²) < 4.78 is 0. The molecule has 0 aliphatic carbocycles. The fraction of sp³-hybridized carbons (Fsp3) is 0. The normalized spacial score (nSPS) is 12.6. The van der Waals surface area contributed by atoms with Crippen molar-refractivity contribution in [2.24, 2.45) is 0 Å². The number of hydrogen-bond acceptors (Lipinski definition) is 7. The highest BCUT2D eigenvalue weighted by Crippen LogP contribution is 2.27. The molecule has 0 spiro atoms. The summed E-state index contributed by atoms with van der Waals surface area (Å²) in [5.74, 6) is -1.53. The minimum absolute atomic E-state index is 0.146. The number of imide groups is 1. The number of non-ortho nitro benzene ring substituents is 1. The zero-order valence-corrected chi connectivity index (χ0v) is 14.6. The van der Waals surface area contributed by atoms with Gasteiger partial charge in [-0.25, -0.2) is 4.90 Å². The molecule has 1 aliphatic heterocycles. The van der Waals surface area contributed by atoms with Gasteiger partial charge >= 0.3 is 0 Å². The Morgan fingerprint density at radius 3 is 2.17 bits per heavy atom. The van der Waals surface area contributed by atoms with Crippen molar-refractivity contribution in [3.63, 3.8) is 0 Å². The Kier molecular flexibility index (Phi) is 4.28. The van der Waals surface area contributed by atoms with Crippen LogP contribution in [-0.2, 0) is 0 Å². The van der Waals surface area contributed by atoms with Gasteiger partial charge in [0.2, 0.25) is 0 Å². The van der Waals surface area contributed by atoms with Crippen LogP contribution in [0.5, 0.6) is 0 Å². The quantitative estimate of drug-likeness (QED) is 0.411. The molecule has 1 aliphatic rings. The van der Waals surface area contributed by atoms with E-state index in [0.717, 1.165) is 4.90 Å². The first kappa shape index (κ1) is 17.9. The molecule has 0 saturated carbocycles. The summed E-state index contributed by atoms with van der Waals surface area (Å²) in [6.07, 6.45) is 2.47. The van der Waals surface area contributed by atoms with Gasteiger partial charge in [-0.3, -0.25) is 24.5 Å². The first-order valence-electron chi connectivity index (χ1n) is 8.31. The molecule has 142 valence electrons. The molecular formula is C19H11N5O5. The van der Waals surface area contributed by atoms with E-state index < -0.39 is 22.6 Å². The second-order valence-electron chi connectivity index (χ2n) is 6.07. The summed E-state index contributed by atoms with van der Waals surface area (Å²) in [6, 6.07) is 11.4. The minimum Gasteiger partial charge on any atom is -0.322 e. The first-order valence-corrected chi connectivity index (χ1v) is 8.31. The Morgan fingerprint density at radius 1 is 0.966 bits per heavy atom. The highest BCUT2D eigenvalue weighted by Gasteiger charge is 2.37. The van der Waals surface area contributed by atoms with Crippen molar-refractivity contribution >= 4 is 34.8 Å². The SMILES string of the molecule is O=C(Nc1cccc([N+](=O)[O-])c1)c1ccc(N2C(=O)c3cnncc3C2=O)cc1. The van der Waals surface area contributed by atoms with Crippen molar-refractivity contribution in [2.75, 3.05) is 10.2 Å². The molecule has 29 heavy (non-hydrogen) atoms. The van der Waals surface area contributed by atoms with Crippen LogP contribution in [0.25, 0.3) is 0 Å². The molecule has 4 rings (SSSR count). The standard InChI is InChI=1S/C19H11N5O5/c25-17(22-12-2-1-3-14(8-12)24(28)29)11-4-6-13(7-5-11)23-18(26)15-9-20-21-10-16(15)19(23)27/h1-10H,(H,22,25). The van der Waals surface area contributed by atoms with E-state index in [1.54, 1.807) is 0 Å². The maximum absolute atomic E-state index is 12.5. The van der Waals surface area contributed by atoms with Crippen molar-refractivity contribution in [1.29, 1.82) is 0 Å². The molecule has 3 aromatic rings. The lowest BCUT2D eigenvalue weighted by atomic mass is 10.1. The topological polar surface area (TPSA) is 135 Å². The Labute approximate surface area is 162 Å². The minimum atomic E-state index is -0.558. The molecule has 0 fully saturated rings. The molecule has 10 nitrogen and oxygen atoms in total. The van der Waals surface area contributed by atoms with E-state index in [-0.39, 0.29) is 28.1 Å². The highest BCUT2D eigenvalue weighted by molar-refractivity contribution is 6.34. The lowest BCUT2D eigenvalue weighted by molar-refractivity contribution is -0.384. The molecule has 1 N–H and O–H groups in total. The maximum Gasteiger partial charge on any atom is 0.271 e. The Hall–Kier alpha value is -4.47. The van der Waals surface area contributed by atoms with Crippen molar-refractivity contribution in [3.8, 4) is 0 Å². The number of benzene rings is 2. The fourth-order valence-corrected chi connectivity index (χ4v) is 2.89. The molecule has 0 saturated heterocycles. The van der Waals surface area contributed by atoms with Gasteiger partial charge in [-0.2, -0.15) is 10.2 Å². The third-order valence-electron chi connectivity index (χ3n) is 4.30. The van der Waals surface area contributed by atoms with Crippen LogP contribution < -0.4 is 10.2 Å². The number of anilines is 2. The third kappa shape index (κ3) is 3.18. The van der Waals surface area contributed by atoms with Crippen molar-refractivity contribution < 1.29 is 19.3 Å². The predicted octanol–water partition coefficient (Wildman–Crippen LogP) is 2.44. The van der Waals surface area contributed by atoms with E-state index in [9.17, 15) is 24.5 Å². The number of amides is 3. The zero-order chi connectivity index (χ0) is 20.5. The van der Waals surface area contributed by atoms with Gasteiger partial charge in [-0.05, 0) is 30.3 Å². The molecule has 0 atom stereocenters. The fourth-order valence-electron chi connectivity index (χ4n) is 2.89.